The Labute approximate surface area is 101 Å². The van der Waals surface area contributed by atoms with Crippen LogP contribution in [0.5, 0.6) is 0 Å². The minimum absolute atomic E-state index is 0.0121. The van der Waals surface area contributed by atoms with Crippen molar-refractivity contribution in [2.24, 2.45) is 23.7 Å². The average Bonchev–Trinajstić information content (AvgIpc) is 2.30. The largest absolute Gasteiger partial charge is 0.393 e. The molecule has 1 nitrogen and oxygen atoms in total. The van der Waals surface area contributed by atoms with Gasteiger partial charge in [-0.25, -0.2) is 0 Å². The Hall–Kier alpha value is -0.0400. The Morgan fingerprint density at radius 3 is 2.56 bits per heavy atom. The second-order valence-corrected chi connectivity index (χ2v) is 6.35. The molecule has 5 unspecified atom stereocenters. The molecule has 2 aliphatic carbocycles. The fourth-order valence-electron chi connectivity index (χ4n) is 4.03. The molecule has 0 saturated heterocycles. The predicted octanol–water partition coefficient (Wildman–Crippen LogP) is 4.00. The molecule has 0 aromatic heterocycles. The van der Waals surface area contributed by atoms with Crippen LogP contribution in [0.25, 0.3) is 0 Å². The summed E-state index contributed by atoms with van der Waals surface area (Å²) in [6.45, 7) is 4.70. The maximum Gasteiger partial charge on any atom is 0.0571 e. The van der Waals surface area contributed by atoms with Crippen molar-refractivity contribution in [3.05, 3.63) is 0 Å². The molecule has 0 amide bonds. The lowest BCUT2D eigenvalue weighted by molar-refractivity contribution is 0.000756. The van der Waals surface area contributed by atoms with E-state index in [-0.39, 0.29) is 6.10 Å². The molecule has 0 radical (unpaired) electrons. The first-order valence-corrected chi connectivity index (χ1v) is 7.38. The highest BCUT2D eigenvalue weighted by atomic mass is 16.3. The second-order valence-electron chi connectivity index (χ2n) is 6.35. The van der Waals surface area contributed by atoms with Crippen molar-refractivity contribution in [3.8, 4) is 0 Å². The Balaban J connectivity index is 1.94. The van der Waals surface area contributed by atoms with E-state index in [1.807, 2.05) is 0 Å². The van der Waals surface area contributed by atoms with Gasteiger partial charge in [-0.2, -0.15) is 0 Å². The van der Waals surface area contributed by atoms with Crippen molar-refractivity contribution >= 4 is 0 Å². The molecule has 2 fully saturated rings. The van der Waals surface area contributed by atoms with Crippen molar-refractivity contribution < 1.29 is 5.11 Å². The Morgan fingerprint density at radius 2 is 1.88 bits per heavy atom. The number of hydrogen-bond donors (Lipinski definition) is 1. The van der Waals surface area contributed by atoms with Crippen molar-refractivity contribution in [1.82, 2.24) is 0 Å². The molecule has 0 aliphatic heterocycles. The molecule has 1 N–H and O–H groups in total. The van der Waals surface area contributed by atoms with Crippen LogP contribution in [0.4, 0.5) is 0 Å². The van der Waals surface area contributed by atoms with Gasteiger partial charge in [-0.1, -0.05) is 39.5 Å². The van der Waals surface area contributed by atoms with Crippen LogP contribution >= 0.6 is 0 Å². The van der Waals surface area contributed by atoms with Crippen LogP contribution in [-0.2, 0) is 0 Å². The smallest absolute Gasteiger partial charge is 0.0571 e. The number of rotatable bonds is 2. The zero-order valence-corrected chi connectivity index (χ0v) is 11.0. The minimum atomic E-state index is 0.0121. The third-order valence-corrected chi connectivity index (χ3v) is 5.13. The van der Waals surface area contributed by atoms with E-state index >= 15 is 0 Å². The summed E-state index contributed by atoms with van der Waals surface area (Å²) in [7, 11) is 0. The SMILES string of the molecule is CCC1CCC(O)C(C2CCCC(C)C2)C1. The van der Waals surface area contributed by atoms with E-state index in [1.165, 1.54) is 44.9 Å². The number of aliphatic hydroxyl groups excluding tert-OH is 1. The van der Waals surface area contributed by atoms with Gasteiger partial charge in [-0.05, 0) is 49.4 Å². The van der Waals surface area contributed by atoms with Crippen LogP contribution in [0, 0.1) is 23.7 Å². The van der Waals surface area contributed by atoms with Crippen molar-refractivity contribution in [2.75, 3.05) is 0 Å². The van der Waals surface area contributed by atoms with E-state index in [2.05, 4.69) is 13.8 Å². The van der Waals surface area contributed by atoms with Crippen LogP contribution in [0.3, 0.4) is 0 Å². The van der Waals surface area contributed by atoms with Gasteiger partial charge in [0.2, 0.25) is 0 Å². The maximum absolute atomic E-state index is 10.2. The summed E-state index contributed by atoms with van der Waals surface area (Å²) in [6, 6.07) is 0. The van der Waals surface area contributed by atoms with Gasteiger partial charge < -0.3 is 5.11 Å². The van der Waals surface area contributed by atoms with E-state index in [9.17, 15) is 5.11 Å². The van der Waals surface area contributed by atoms with E-state index in [0.29, 0.717) is 5.92 Å². The number of aliphatic hydroxyl groups is 1. The summed E-state index contributed by atoms with van der Waals surface area (Å²) < 4.78 is 0. The highest BCUT2D eigenvalue weighted by molar-refractivity contribution is 4.86. The molecule has 5 atom stereocenters. The first-order chi connectivity index (χ1) is 7.70. The molecule has 2 saturated carbocycles. The minimum Gasteiger partial charge on any atom is -0.393 e. The maximum atomic E-state index is 10.2. The third-order valence-electron chi connectivity index (χ3n) is 5.13. The summed E-state index contributed by atoms with van der Waals surface area (Å²) in [4.78, 5) is 0. The molecule has 0 bridgehead atoms. The first-order valence-electron chi connectivity index (χ1n) is 7.38. The molecule has 2 aliphatic rings. The van der Waals surface area contributed by atoms with Crippen LogP contribution in [0.2, 0.25) is 0 Å². The van der Waals surface area contributed by atoms with Crippen LogP contribution in [0.15, 0.2) is 0 Å². The molecule has 0 heterocycles. The summed E-state index contributed by atoms with van der Waals surface area (Å²) in [5.41, 5.74) is 0. The van der Waals surface area contributed by atoms with Gasteiger partial charge in [0.05, 0.1) is 6.10 Å². The van der Waals surface area contributed by atoms with Crippen molar-refractivity contribution in [2.45, 2.75) is 71.3 Å². The normalized spacial score (nSPS) is 45.6. The Morgan fingerprint density at radius 1 is 1.06 bits per heavy atom. The highest BCUT2D eigenvalue weighted by Gasteiger charge is 2.35. The van der Waals surface area contributed by atoms with Gasteiger partial charge in [0.1, 0.15) is 0 Å². The standard InChI is InChI=1S/C15H28O/c1-3-12-7-8-15(16)14(10-12)13-6-4-5-11(2)9-13/h11-16H,3-10H2,1-2H3. The van der Waals surface area contributed by atoms with Gasteiger partial charge in [0, 0.05) is 0 Å². The van der Waals surface area contributed by atoms with E-state index < -0.39 is 0 Å². The molecule has 1 heteroatoms. The third kappa shape index (κ3) is 2.80. The molecular weight excluding hydrogens is 196 g/mol. The van der Waals surface area contributed by atoms with Gasteiger partial charge in [0.15, 0.2) is 0 Å². The van der Waals surface area contributed by atoms with Gasteiger partial charge >= 0.3 is 0 Å². The van der Waals surface area contributed by atoms with Gasteiger partial charge in [-0.3, -0.25) is 0 Å². The molecule has 0 aromatic rings. The summed E-state index contributed by atoms with van der Waals surface area (Å²) in [5.74, 6) is 3.24. The number of hydrogen-bond acceptors (Lipinski definition) is 1. The van der Waals surface area contributed by atoms with E-state index in [1.54, 1.807) is 0 Å². The fraction of sp³-hybridized carbons (Fsp3) is 1.00. The van der Waals surface area contributed by atoms with Crippen LogP contribution < -0.4 is 0 Å². The fourth-order valence-corrected chi connectivity index (χ4v) is 4.03. The molecular formula is C15H28O. The summed E-state index contributed by atoms with van der Waals surface area (Å²) >= 11 is 0. The molecule has 0 aromatic carbocycles. The zero-order valence-electron chi connectivity index (χ0n) is 11.0. The van der Waals surface area contributed by atoms with E-state index in [0.717, 1.165) is 24.2 Å². The lowest BCUT2D eigenvalue weighted by atomic mass is 9.67. The zero-order chi connectivity index (χ0) is 11.5. The average molecular weight is 224 g/mol. The summed E-state index contributed by atoms with van der Waals surface area (Å²) in [6.07, 6.45) is 10.5. The van der Waals surface area contributed by atoms with Gasteiger partial charge in [-0.15, -0.1) is 0 Å². The van der Waals surface area contributed by atoms with Gasteiger partial charge in [0.25, 0.3) is 0 Å². The van der Waals surface area contributed by atoms with Crippen LogP contribution in [0.1, 0.15) is 65.2 Å². The topological polar surface area (TPSA) is 20.2 Å². The predicted molar refractivity (Wildman–Crippen MR) is 68.3 cm³/mol. The molecule has 0 spiro atoms. The second kappa shape index (κ2) is 5.53. The lowest BCUT2D eigenvalue weighted by Gasteiger charge is -2.41. The monoisotopic (exact) mass is 224 g/mol. The van der Waals surface area contributed by atoms with Crippen molar-refractivity contribution in [3.63, 3.8) is 0 Å². The van der Waals surface area contributed by atoms with E-state index in [4.69, 9.17) is 0 Å². The van der Waals surface area contributed by atoms with Crippen LogP contribution in [-0.4, -0.2) is 11.2 Å². The molecule has 94 valence electrons. The lowest BCUT2D eigenvalue weighted by Crippen LogP contribution is -2.36. The first kappa shape index (κ1) is 12.4. The Bertz CT molecular complexity index is 213. The quantitative estimate of drug-likeness (QED) is 0.751. The molecule has 2 rings (SSSR count). The Kier molecular flexibility index (Phi) is 4.29. The van der Waals surface area contributed by atoms with Crippen molar-refractivity contribution in [1.29, 1.82) is 0 Å². The highest BCUT2D eigenvalue weighted by Crippen LogP contribution is 2.42. The molecule has 16 heavy (non-hydrogen) atoms. The summed E-state index contributed by atoms with van der Waals surface area (Å²) in [5, 5.41) is 10.2.